The standard InChI is InChI=1S/C27H37N3O4S/c1-5-25(27(32)28-23-13-6-7-14-23)29(18-22-12-8-10-20(2)16-22)26(31)19-30(35(4,33)34)24-15-9-11-21(3)17-24/h8-12,15-17,23,25H,5-7,13-14,18-19H2,1-4H3,(H,28,32)/t25-/m1/s1. The maximum Gasteiger partial charge on any atom is 0.244 e. The van der Waals surface area contributed by atoms with E-state index in [0.717, 1.165) is 52.9 Å². The summed E-state index contributed by atoms with van der Waals surface area (Å²) in [5.74, 6) is -0.589. The van der Waals surface area contributed by atoms with E-state index in [1.807, 2.05) is 51.1 Å². The monoisotopic (exact) mass is 499 g/mol. The number of nitrogens with zero attached hydrogens (tertiary/aromatic N) is 2. The number of anilines is 1. The van der Waals surface area contributed by atoms with Gasteiger partial charge in [-0.05, 0) is 56.4 Å². The van der Waals surface area contributed by atoms with E-state index < -0.39 is 22.0 Å². The van der Waals surface area contributed by atoms with E-state index in [4.69, 9.17) is 0 Å². The molecule has 0 saturated heterocycles. The molecule has 2 amide bonds. The summed E-state index contributed by atoms with van der Waals surface area (Å²) in [4.78, 5) is 28.6. The summed E-state index contributed by atoms with van der Waals surface area (Å²) < 4.78 is 26.5. The fraction of sp³-hybridized carbons (Fsp3) is 0.481. The SMILES string of the molecule is CC[C@H](C(=O)NC1CCCC1)N(Cc1cccc(C)c1)C(=O)CN(c1cccc(C)c1)S(C)(=O)=O. The van der Waals surface area contributed by atoms with E-state index in [2.05, 4.69) is 5.32 Å². The van der Waals surface area contributed by atoms with Gasteiger partial charge < -0.3 is 10.2 Å². The van der Waals surface area contributed by atoms with Gasteiger partial charge in [0.2, 0.25) is 21.8 Å². The molecule has 2 aromatic carbocycles. The Hall–Kier alpha value is -2.87. The van der Waals surface area contributed by atoms with Crippen molar-refractivity contribution in [3.05, 3.63) is 65.2 Å². The van der Waals surface area contributed by atoms with Gasteiger partial charge in [-0.15, -0.1) is 0 Å². The first-order valence-corrected chi connectivity index (χ1v) is 14.1. The highest BCUT2D eigenvalue weighted by Gasteiger charge is 2.33. The molecule has 1 N–H and O–H groups in total. The molecule has 0 unspecified atom stereocenters. The van der Waals surface area contributed by atoms with Crippen molar-refractivity contribution in [3.8, 4) is 0 Å². The van der Waals surface area contributed by atoms with Crippen molar-refractivity contribution in [2.45, 2.75) is 71.5 Å². The zero-order valence-corrected chi connectivity index (χ0v) is 22.0. The first-order valence-electron chi connectivity index (χ1n) is 12.3. The van der Waals surface area contributed by atoms with E-state index in [1.54, 1.807) is 18.2 Å². The molecular weight excluding hydrogens is 462 g/mol. The molecule has 1 aliphatic carbocycles. The second kappa shape index (κ2) is 11.7. The summed E-state index contributed by atoms with van der Waals surface area (Å²) >= 11 is 0. The highest BCUT2D eigenvalue weighted by molar-refractivity contribution is 7.92. The number of benzene rings is 2. The Morgan fingerprint density at radius 3 is 2.23 bits per heavy atom. The van der Waals surface area contributed by atoms with Gasteiger partial charge in [-0.25, -0.2) is 8.42 Å². The highest BCUT2D eigenvalue weighted by Crippen LogP contribution is 2.22. The molecule has 190 valence electrons. The lowest BCUT2D eigenvalue weighted by atomic mass is 10.1. The molecule has 0 heterocycles. The van der Waals surface area contributed by atoms with E-state index in [0.29, 0.717) is 12.1 Å². The number of nitrogens with one attached hydrogen (secondary N) is 1. The molecule has 1 fully saturated rings. The molecule has 8 heteroatoms. The molecule has 0 spiro atoms. The van der Waals surface area contributed by atoms with Crippen LogP contribution in [0.2, 0.25) is 0 Å². The average Bonchev–Trinajstić information content (AvgIpc) is 3.29. The number of hydrogen-bond donors (Lipinski definition) is 1. The molecule has 0 aliphatic heterocycles. The summed E-state index contributed by atoms with van der Waals surface area (Å²) in [7, 11) is -3.73. The molecule has 1 aliphatic rings. The minimum Gasteiger partial charge on any atom is -0.352 e. The van der Waals surface area contributed by atoms with Gasteiger partial charge in [0, 0.05) is 12.6 Å². The van der Waals surface area contributed by atoms with Gasteiger partial charge >= 0.3 is 0 Å². The lowest BCUT2D eigenvalue weighted by molar-refractivity contribution is -0.140. The average molecular weight is 500 g/mol. The zero-order chi connectivity index (χ0) is 25.6. The first kappa shape index (κ1) is 26.7. The third-order valence-electron chi connectivity index (χ3n) is 6.49. The Bertz CT molecular complexity index is 1140. The van der Waals surface area contributed by atoms with Crippen LogP contribution in [0.1, 0.15) is 55.7 Å². The number of amides is 2. The fourth-order valence-electron chi connectivity index (χ4n) is 4.69. The van der Waals surface area contributed by atoms with Crippen molar-refractivity contribution in [1.29, 1.82) is 0 Å². The molecule has 35 heavy (non-hydrogen) atoms. The Morgan fingerprint density at radius 1 is 1.03 bits per heavy atom. The third kappa shape index (κ3) is 7.31. The van der Waals surface area contributed by atoms with Gasteiger partial charge in [0.05, 0.1) is 11.9 Å². The lowest BCUT2D eigenvalue weighted by Gasteiger charge is -2.33. The Kier molecular flexibility index (Phi) is 8.94. The fourth-order valence-corrected chi connectivity index (χ4v) is 5.53. The maximum atomic E-state index is 13.7. The second-order valence-corrected chi connectivity index (χ2v) is 11.4. The number of aryl methyl sites for hydroxylation is 2. The summed E-state index contributed by atoms with van der Waals surface area (Å²) in [6.45, 7) is 5.58. The van der Waals surface area contributed by atoms with E-state index in [1.165, 1.54) is 4.90 Å². The van der Waals surface area contributed by atoms with Gasteiger partial charge in [-0.2, -0.15) is 0 Å². The van der Waals surface area contributed by atoms with E-state index in [-0.39, 0.29) is 25.0 Å². The van der Waals surface area contributed by atoms with Crippen molar-refractivity contribution in [3.63, 3.8) is 0 Å². The Balaban J connectivity index is 1.92. The van der Waals surface area contributed by atoms with Gasteiger partial charge in [0.15, 0.2) is 0 Å². The molecule has 1 saturated carbocycles. The minimum absolute atomic E-state index is 0.132. The van der Waals surface area contributed by atoms with Crippen LogP contribution in [0.15, 0.2) is 48.5 Å². The lowest BCUT2D eigenvalue weighted by Crippen LogP contribution is -2.53. The number of hydrogen-bond acceptors (Lipinski definition) is 4. The summed E-state index contributed by atoms with van der Waals surface area (Å²) in [6.07, 6.45) is 5.60. The summed E-state index contributed by atoms with van der Waals surface area (Å²) in [6, 6.07) is 14.3. The van der Waals surface area contributed by atoms with Crippen LogP contribution in [-0.2, 0) is 26.2 Å². The quantitative estimate of drug-likeness (QED) is 0.537. The van der Waals surface area contributed by atoms with Crippen LogP contribution in [0.25, 0.3) is 0 Å². The first-order chi connectivity index (χ1) is 16.6. The van der Waals surface area contributed by atoms with Crippen LogP contribution in [0.4, 0.5) is 5.69 Å². The van der Waals surface area contributed by atoms with Crippen LogP contribution < -0.4 is 9.62 Å². The van der Waals surface area contributed by atoms with E-state index >= 15 is 0 Å². The van der Waals surface area contributed by atoms with Crippen molar-refractivity contribution < 1.29 is 18.0 Å². The van der Waals surface area contributed by atoms with Crippen molar-refractivity contribution >= 4 is 27.5 Å². The van der Waals surface area contributed by atoms with Crippen molar-refractivity contribution in [2.75, 3.05) is 17.1 Å². The van der Waals surface area contributed by atoms with Crippen LogP contribution in [0, 0.1) is 13.8 Å². The molecule has 0 radical (unpaired) electrons. The maximum absolute atomic E-state index is 13.7. The molecule has 0 bridgehead atoms. The Labute approximate surface area is 209 Å². The summed E-state index contributed by atoms with van der Waals surface area (Å²) in [5, 5.41) is 3.12. The van der Waals surface area contributed by atoms with Crippen LogP contribution in [-0.4, -0.2) is 50.0 Å². The highest BCUT2D eigenvalue weighted by atomic mass is 32.2. The normalized spacial score (nSPS) is 15.0. The molecular formula is C27H37N3O4S. The molecule has 3 rings (SSSR count). The van der Waals surface area contributed by atoms with Gasteiger partial charge in [0.25, 0.3) is 0 Å². The predicted molar refractivity (Wildman–Crippen MR) is 140 cm³/mol. The zero-order valence-electron chi connectivity index (χ0n) is 21.2. The van der Waals surface area contributed by atoms with Gasteiger partial charge in [-0.1, -0.05) is 61.7 Å². The molecule has 2 aromatic rings. The number of sulfonamides is 1. The van der Waals surface area contributed by atoms with Crippen LogP contribution >= 0.6 is 0 Å². The Morgan fingerprint density at radius 2 is 1.66 bits per heavy atom. The minimum atomic E-state index is -3.73. The predicted octanol–water partition coefficient (Wildman–Crippen LogP) is 3.94. The van der Waals surface area contributed by atoms with Gasteiger partial charge in [0.1, 0.15) is 12.6 Å². The third-order valence-corrected chi connectivity index (χ3v) is 7.63. The smallest absolute Gasteiger partial charge is 0.244 e. The second-order valence-electron chi connectivity index (χ2n) is 9.53. The van der Waals surface area contributed by atoms with Gasteiger partial charge in [-0.3, -0.25) is 13.9 Å². The number of carbonyl (C=O) groups is 2. The van der Waals surface area contributed by atoms with E-state index in [9.17, 15) is 18.0 Å². The van der Waals surface area contributed by atoms with Crippen LogP contribution in [0.3, 0.4) is 0 Å². The van der Waals surface area contributed by atoms with Crippen LogP contribution in [0.5, 0.6) is 0 Å². The summed E-state index contributed by atoms with van der Waals surface area (Å²) in [5.41, 5.74) is 3.27. The topological polar surface area (TPSA) is 86.8 Å². The van der Waals surface area contributed by atoms with Crippen molar-refractivity contribution in [2.24, 2.45) is 0 Å². The van der Waals surface area contributed by atoms with Crippen molar-refractivity contribution in [1.82, 2.24) is 10.2 Å². The number of rotatable bonds is 10. The molecule has 0 aromatic heterocycles. The molecule has 7 nitrogen and oxygen atoms in total. The number of carbonyl (C=O) groups excluding carboxylic acids is 2. The largest absolute Gasteiger partial charge is 0.352 e. The molecule has 1 atom stereocenters.